The Kier molecular flexibility index (Phi) is 8.18. The molecule has 0 aliphatic heterocycles. The molecule has 7 heteroatoms. The summed E-state index contributed by atoms with van der Waals surface area (Å²) in [7, 11) is 0. The molecule has 1 aromatic carbocycles. The highest BCUT2D eigenvalue weighted by Crippen LogP contribution is 2.17. The van der Waals surface area contributed by atoms with Gasteiger partial charge in [-0.1, -0.05) is 35.9 Å². The number of rotatable bonds is 6. The largest absolute Gasteiger partial charge is 0.361 e. The number of hydrogen-bond acceptors (Lipinski definition) is 2. The number of fused-ring (bicyclic) bond motifs is 1. The summed E-state index contributed by atoms with van der Waals surface area (Å²) in [6, 6.07) is 12.1. The summed E-state index contributed by atoms with van der Waals surface area (Å²) in [6.45, 7) is 4.25. The molecular formula is C19H23ClIN5. The number of pyridine rings is 1. The number of benzene rings is 1. The van der Waals surface area contributed by atoms with Crippen molar-refractivity contribution in [3.63, 3.8) is 0 Å². The average Bonchev–Trinajstić information content (AvgIpc) is 3.04. The molecule has 3 aromatic rings. The third-order valence-electron chi connectivity index (χ3n) is 3.91. The third kappa shape index (κ3) is 5.60. The lowest BCUT2D eigenvalue weighted by Crippen LogP contribution is -2.38. The summed E-state index contributed by atoms with van der Waals surface area (Å²) in [5.41, 5.74) is 3.51. The first kappa shape index (κ1) is 20.5. The number of para-hydroxylation sites is 1. The first-order valence-electron chi connectivity index (χ1n) is 8.44. The van der Waals surface area contributed by atoms with Crippen LogP contribution in [0.5, 0.6) is 0 Å². The molecule has 0 spiro atoms. The van der Waals surface area contributed by atoms with Crippen LogP contribution in [0.2, 0.25) is 5.15 Å². The van der Waals surface area contributed by atoms with Crippen molar-refractivity contribution in [1.29, 1.82) is 0 Å². The van der Waals surface area contributed by atoms with Gasteiger partial charge in [-0.2, -0.15) is 0 Å². The second-order valence-corrected chi connectivity index (χ2v) is 6.11. The minimum absolute atomic E-state index is 0. The van der Waals surface area contributed by atoms with E-state index < -0.39 is 0 Å². The van der Waals surface area contributed by atoms with Gasteiger partial charge < -0.3 is 15.6 Å². The summed E-state index contributed by atoms with van der Waals surface area (Å²) in [4.78, 5) is 12.0. The molecule has 26 heavy (non-hydrogen) atoms. The van der Waals surface area contributed by atoms with Gasteiger partial charge in [-0.25, -0.2) is 9.98 Å². The van der Waals surface area contributed by atoms with Gasteiger partial charge >= 0.3 is 0 Å². The number of nitrogens with zero attached hydrogens (tertiary/aromatic N) is 2. The van der Waals surface area contributed by atoms with E-state index in [1.165, 1.54) is 16.5 Å². The number of aromatic amines is 1. The number of hydrogen-bond donors (Lipinski definition) is 3. The van der Waals surface area contributed by atoms with Crippen LogP contribution in [0.15, 0.2) is 53.8 Å². The molecule has 3 rings (SSSR count). The first-order chi connectivity index (χ1) is 12.3. The maximum absolute atomic E-state index is 5.81. The van der Waals surface area contributed by atoms with Crippen LogP contribution in [-0.4, -0.2) is 29.0 Å². The topological polar surface area (TPSA) is 65.1 Å². The van der Waals surface area contributed by atoms with Gasteiger partial charge in [0.2, 0.25) is 0 Å². The number of H-pyrrole nitrogens is 1. The van der Waals surface area contributed by atoms with Crippen molar-refractivity contribution >= 4 is 52.4 Å². The zero-order valence-electron chi connectivity index (χ0n) is 14.6. The number of aliphatic imine (C=N–C) groups is 1. The van der Waals surface area contributed by atoms with Crippen molar-refractivity contribution in [2.75, 3.05) is 13.1 Å². The number of nitrogens with one attached hydrogen (secondary N) is 3. The van der Waals surface area contributed by atoms with E-state index in [0.717, 1.165) is 31.0 Å². The molecule has 0 saturated heterocycles. The highest BCUT2D eigenvalue weighted by molar-refractivity contribution is 14.0. The summed E-state index contributed by atoms with van der Waals surface area (Å²) in [5.74, 6) is 0.803. The molecule has 0 bridgehead atoms. The molecule has 0 unspecified atom stereocenters. The molecule has 2 aromatic heterocycles. The molecule has 0 atom stereocenters. The van der Waals surface area contributed by atoms with Gasteiger partial charge in [0.1, 0.15) is 5.15 Å². The van der Waals surface area contributed by atoms with Crippen LogP contribution in [0.25, 0.3) is 10.9 Å². The predicted molar refractivity (Wildman–Crippen MR) is 119 cm³/mol. The van der Waals surface area contributed by atoms with Gasteiger partial charge in [0.15, 0.2) is 5.96 Å². The Labute approximate surface area is 175 Å². The van der Waals surface area contributed by atoms with Crippen LogP contribution < -0.4 is 10.6 Å². The van der Waals surface area contributed by atoms with Gasteiger partial charge in [0.05, 0.1) is 6.54 Å². The Morgan fingerprint density at radius 1 is 1.19 bits per heavy atom. The Bertz CT molecular complexity index is 845. The van der Waals surface area contributed by atoms with E-state index in [9.17, 15) is 0 Å². The Morgan fingerprint density at radius 2 is 2.04 bits per heavy atom. The summed E-state index contributed by atoms with van der Waals surface area (Å²) < 4.78 is 0. The van der Waals surface area contributed by atoms with E-state index >= 15 is 0 Å². The minimum Gasteiger partial charge on any atom is -0.361 e. The van der Waals surface area contributed by atoms with Gasteiger partial charge in [-0.05, 0) is 36.6 Å². The standard InChI is InChI=1S/C19H22ClN5.HI/c1-2-21-19(25-12-14-7-8-18(20)24-11-14)22-10-9-15-13-23-17-6-4-3-5-16(15)17;/h3-8,11,13,23H,2,9-10,12H2,1H3,(H2,21,22,25);1H. The second-order valence-electron chi connectivity index (χ2n) is 5.72. The lowest BCUT2D eigenvalue weighted by atomic mass is 10.1. The number of halogens is 2. The summed E-state index contributed by atoms with van der Waals surface area (Å²) >= 11 is 5.81. The van der Waals surface area contributed by atoms with Crippen molar-refractivity contribution in [1.82, 2.24) is 20.6 Å². The van der Waals surface area contributed by atoms with Crippen LogP contribution in [0.4, 0.5) is 0 Å². The average molecular weight is 484 g/mol. The van der Waals surface area contributed by atoms with Crippen LogP contribution in [0, 0.1) is 0 Å². The monoisotopic (exact) mass is 483 g/mol. The molecular weight excluding hydrogens is 461 g/mol. The Balaban J connectivity index is 0.00000243. The molecule has 0 aliphatic carbocycles. The highest BCUT2D eigenvalue weighted by atomic mass is 127. The molecule has 2 heterocycles. The third-order valence-corrected chi connectivity index (χ3v) is 4.14. The fourth-order valence-corrected chi connectivity index (χ4v) is 2.78. The normalized spacial score (nSPS) is 11.2. The minimum atomic E-state index is 0. The zero-order chi connectivity index (χ0) is 17.5. The number of guanidine groups is 1. The smallest absolute Gasteiger partial charge is 0.191 e. The first-order valence-corrected chi connectivity index (χ1v) is 8.81. The molecule has 0 saturated carbocycles. The zero-order valence-corrected chi connectivity index (χ0v) is 17.7. The van der Waals surface area contributed by atoms with E-state index in [1.54, 1.807) is 12.3 Å². The Morgan fingerprint density at radius 3 is 2.81 bits per heavy atom. The van der Waals surface area contributed by atoms with Gasteiger partial charge in [-0.15, -0.1) is 24.0 Å². The lowest BCUT2D eigenvalue weighted by Gasteiger charge is -2.11. The molecule has 0 fully saturated rings. The van der Waals surface area contributed by atoms with Crippen molar-refractivity contribution in [2.45, 2.75) is 19.9 Å². The SMILES string of the molecule is CCNC(=NCc1ccc(Cl)nc1)NCCc1c[nH]c2ccccc12.I. The fourth-order valence-electron chi connectivity index (χ4n) is 2.67. The van der Waals surface area contributed by atoms with Crippen LogP contribution in [0.1, 0.15) is 18.1 Å². The van der Waals surface area contributed by atoms with E-state index in [0.29, 0.717) is 11.7 Å². The second kappa shape index (κ2) is 10.4. The van der Waals surface area contributed by atoms with Gasteiger partial charge in [0, 0.05) is 36.4 Å². The molecule has 0 amide bonds. The van der Waals surface area contributed by atoms with Crippen molar-refractivity contribution in [3.8, 4) is 0 Å². The predicted octanol–water partition coefficient (Wildman–Crippen LogP) is 4.13. The Hall–Kier alpha value is -1.80. The lowest BCUT2D eigenvalue weighted by molar-refractivity contribution is 0.801. The number of aromatic nitrogens is 2. The van der Waals surface area contributed by atoms with Gasteiger partial charge in [0.25, 0.3) is 0 Å². The molecule has 0 aliphatic rings. The summed E-state index contributed by atoms with van der Waals surface area (Å²) in [6.07, 6.45) is 4.76. The maximum Gasteiger partial charge on any atom is 0.191 e. The van der Waals surface area contributed by atoms with E-state index in [4.69, 9.17) is 11.6 Å². The molecule has 3 N–H and O–H groups in total. The maximum atomic E-state index is 5.81. The van der Waals surface area contributed by atoms with E-state index in [1.807, 2.05) is 12.1 Å². The van der Waals surface area contributed by atoms with E-state index in [2.05, 4.69) is 56.9 Å². The van der Waals surface area contributed by atoms with Gasteiger partial charge in [-0.3, -0.25) is 0 Å². The fraction of sp³-hybridized carbons (Fsp3) is 0.263. The van der Waals surface area contributed by atoms with Crippen LogP contribution in [0.3, 0.4) is 0 Å². The van der Waals surface area contributed by atoms with Crippen LogP contribution >= 0.6 is 35.6 Å². The molecule has 0 radical (unpaired) electrons. The van der Waals surface area contributed by atoms with Crippen molar-refractivity contribution in [2.24, 2.45) is 4.99 Å². The van der Waals surface area contributed by atoms with Crippen molar-refractivity contribution < 1.29 is 0 Å². The van der Waals surface area contributed by atoms with Crippen LogP contribution in [-0.2, 0) is 13.0 Å². The highest BCUT2D eigenvalue weighted by Gasteiger charge is 2.03. The van der Waals surface area contributed by atoms with E-state index in [-0.39, 0.29) is 24.0 Å². The molecule has 5 nitrogen and oxygen atoms in total. The van der Waals surface area contributed by atoms with Crippen molar-refractivity contribution in [3.05, 3.63) is 65.1 Å². The molecule has 138 valence electrons. The quantitative estimate of drug-likeness (QED) is 0.214. The summed E-state index contributed by atoms with van der Waals surface area (Å²) in [5, 5.41) is 8.42.